The van der Waals surface area contributed by atoms with E-state index in [4.69, 9.17) is 0 Å². The summed E-state index contributed by atoms with van der Waals surface area (Å²) in [7, 11) is 0. The number of nitrogens with zero attached hydrogens (tertiary/aromatic N) is 2. The molecule has 0 aliphatic carbocycles. The third kappa shape index (κ3) is 4.05. The maximum atomic E-state index is 12.2. The summed E-state index contributed by atoms with van der Waals surface area (Å²) in [6, 6.07) is 15.5. The number of hydrogen-bond acceptors (Lipinski definition) is 6. The number of fused-ring (bicyclic) bond motifs is 1. The van der Waals surface area contributed by atoms with Gasteiger partial charge in [0.05, 0.1) is 28.4 Å². The highest BCUT2D eigenvalue weighted by molar-refractivity contribution is 7.16. The van der Waals surface area contributed by atoms with E-state index in [9.17, 15) is 9.90 Å². The standard InChI is InChI=1S/C20H18N4O2S/c25-11-15(8-13-4-2-1-3-5-13)22-20-23-17(19(26)24-20)9-14-6-7-16-18(10-14)27-12-21-16/h1-7,9-10,12,15,25H,8,11H2,(H2,22,23,24,26)/b17-9-. The Hall–Kier alpha value is -3.03. The van der Waals surface area contributed by atoms with Gasteiger partial charge in [-0.05, 0) is 35.8 Å². The quantitative estimate of drug-likeness (QED) is 0.595. The fraction of sp³-hybridized carbons (Fsp3) is 0.150. The van der Waals surface area contributed by atoms with Crippen LogP contribution in [0.3, 0.4) is 0 Å². The Balaban J connectivity index is 1.49. The van der Waals surface area contributed by atoms with E-state index < -0.39 is 0 Å². The average molecular weight is 378 g/mol. The summed E-state index contributed by atoms with van der Waals surface area (Å²) in [5, 5.41) is 15.5. The van der Waals surface area contributed by atoms with Crippen molar-refractivity contribution in [1.82, 2.24) is 15.6 Å². The molecule has 7 heteroatoms. The third-order valence-corrected chi connectivity index (χ3v) is 5.03. The molecular formula is C20H18N4O2S. The average Bonchev–Trinajstić information content (AvgIpc) is 3.28. The van der Waals surface area contributed by atoms with Gasteiger partial charge in [0.15, 0.2) is 0 Å². The van der Waals surface area contributed by atoms with E-state index in [-0.39, 0.29) is 18.6 Å². The molecule has 0 saturated carbocycles. The molecule has 1 aliphatic heterocycles. The van der Waals surface area contributed by atoms with Crippen LogP contribution in [0.2, 0.25) is 0 Å². The first kappa shape index (κ1) is 17.4. The molecule has 2 aromatic carbocycles. The molecule has 136 valence electrons. The lowest BCUT2D eigenvalue weighted by atomic mass is 10.1. The normalized spacial score (nSPS) is 16.4. The van der Waals surface area contributed by atoms with Crippen LogP contribution >= 0.6 is 11.3 Å². The monoisotopic (exact) mass is 378 g/mol. The molecule has 1 aliphatic rings. The number of benzene rings is 2. The van der Waals surface area contributed by atoms with E-state index in [1.807, 2.05) is 48.5 Å². The molecule has 1 unspecified atom stereocenters. The van der Waals surface area contributed by atoms with Gasteiger partial charge in [-0.1, -0.05) is 36.4 Å². The predicted molar refractivity (Wildman–Crippen MR) is 107 cm³/mol. The molecule has 4 rings (SSSR count). The Kier molecular flexibility index (Phi) is 4.95. The van der Waals surface area contributed by atoms with Crippen molar-refractivity contribution in [2.24, 2.45) is 4.99 Å². The van der Waals surface area contributed by atoms with Gasteiger partial charge in [0.1, 0.15) is 5.70 Å². The molecule has 0 radical (unpaired) electrons. The van der Waals surface area contributed by atoms with Gasteiger partial charge in [-0.2, -0.15) is 0 Å². The summed E-state index contributed by atoms with van der Waals surface area (Å²) in [5.74, 6) is 0.0957. The minimum Gasteiger partial charge on any atom is -0.394 e. The molecule has 1 atom stereocenters. The summed E-state index contributed by atoms with van der Waals surface area (Å²) < 4.78 is 1.06. The van der Waals surface area contributed by atoms with Crippen molar-refractivity contribution in [2.45, 2.75) is 12.5 Å². The number of aliphatic imine (C=N–C) groups is 1. The molecule has 0 fully saturated rings. The predicted octanol–water partition coefficient (Wildman–Crippen LogP) is 2.32. The number of rotatable bonds is 5. The van der Waals surface area contributed by atoms with Crippen LogP contribution in [0.25, 0.3) is 16.3 Å². The SMILES string of the molecule is O=C1NC(NC(CO)Cc2ccccc2)=N/C1=C\c1ccc2ncsc2c1. The molecule has 1 aromatic heterocycles. The Labute approximate surface area is 160 Å². The van der Waals surface area contributed by atoms with Gasteiger partial charge in [-0.15, -0.1) is 11.3 Å². The topological polar surface area (TPSA) is 86.6 Å². The number of carbonyl (C=O) groups is 1. The molecule has 2 heterocycles. The number of guanidine groups is 1. The number of amides is 1. The van der Waals surface area contributed by atoms with Gasteiger partial charge in [0, 0.05) is 0 Å². The summed E-state index contributed by atoms with van der Waals surface area (Å²) in [6.07, 6.45) is 2.38. The Morgan fingerprint density at radius 2 is 2.07 bits per heavy atom. The molecular weight excluding hydrogens is 360 g/mol. The van der Waals surface area contributed by atoms with Crippen LogP contribution in [0.15, 0.2) is 64.7 Å². The van der Waals surface area contributed by atoms with Gasteiger partial charge in [0.25, 0.3) is 5.91 Å². The zero-order valence-corrected chi connectivity index (χ0v) is 15.2. The largest absolute Gasteiger partial charge is 0.394 e. The molecule has 27 heavy (non-hydrogen) atoms. The molecule has 1 amide bonds. The molecule has 6 nitrogen and oxygen atoms in total. The highest BCUT2D eigenvalue weighted by Gasteiger charge is 2.22. The van der Waals surface area contributed by atoms with Crippen molar-refractivity contribution in [3.8, 4) is 0 Å². The van der Waals surface area contributed by atoms with Crippen LogP contribution < -0.4 is 10.6 Å². The number of carbonyl (C=O) groups excluding carboxylic acids is 1. The maximum absolute atomic E-state index is 12.2. The fourth-order valence-electron chi connectivity index (χ4n) is 2.91. The van der Waals surface area contributed by atoms with Crippen molar-refractivity contribution >= 4 is 39.5 Å². The highest BCUT2D eigenvalue weighted by atomic mass is 32.1. The van der Waals surface area contributed by atoms with Crippen molar-refractivity contribution in [3.05, 3.63) is 70.9 Å². The minimum atomic E-state index is -0.265. The van der Waals surface area contributed by atoms with Gasteiger partial charge < -0.3 is 10.4 Å². The number of aromatic nitrogens is 1. The third-order valence-electron chi connectivity index (χ3n) is 4.24. The molecule has 3 N–H and O–H groups in total. The highest BCUT2D eigenvalue weighted by Crippen LogP contribution is 2.21. The van der Waals surface area contributed by atoms with E-state index in [0.717, 1.165) is 21.3 Å². The second kappa shape index (κ2) is 7.69. The van der Waals surface area contributed by atoms with Crippen molar-refractivity contribution in [1.29, 1.82) is 0 Å². The maximum Gasteiger partial charge on any atom is 0.276 e. The first-order valence-corrected chi connectivity index (χ1v) is 9.45. The van der Waals surface area contributed by atoms with E-state index >= 15 is 0 Å². The number of nitrogens with one attached hydrogen (secondary N) is 2. The van der Waals surface area contributed by atoms with Crippen LogP contribution in [0.5, 0.6) is 0 Å². The van der Waals surface area contributed by atoms with Gasteiger partial charge in [0.2, 0.25) is 5.96 Å². The summed E-state index contributed by atoms with van der Waals surface area (Å²) >= 11 is 1.56. The van der Waals surface area contributed by atoms with Crippen LogP contribution in [-0.2, 0) is 11.2 Å². The number of aliphatic hydroxyl groups excluding tert-OH is 1. The van der Waals surface area contributed by atoms with E-state index in [1.165, 1.54) is 0 Å². The van der Waals surface area contributed by atoms with Gasteiger partial charge in [-0.25, -0.2) is 9.98 Å². The lowest BCUT2D eigenvalue weighted by molar-refractivity contribution is -0.115. The lowest BCUT2D eigenvalue weighted by Crippen LogP contribution is -2.45. The first-order valence-electron chi connectivity index (χ1n) is 8.57. The second-order valence-electron chi connectivity index (χ2n) is 6.24. The lowest BCUT2D eigenvalue weighted by Gasteiger charge is -2.16. The number of aliphatic hydroxyl groups is 1. The van der Waals surface area contributed by atoms with Crippen LogP contribution in [0, 0.1) is 0 Å². The molecule has 0 spiro atoms. The Morgan fingerprint density at radius 1 is 1.22 bits per heavy atom. The summed E-state index contributed by atoms with van der Waals surface area (Å²) in [4.78, 5) is 20.8. The number of hydrogen-bond donors (Lipinski definition) is 3. The summed E-state index contributed by atoms with van der Waals surface area (Å²) in [5.41, 5.74) is 5.06. The molecule has 0 saturated heterocycles. The summed E-state index contributed by atoms with van der Waals surface area (Å²) in [6.45, 7) is -0.0646. The minimum absolute atomic E-state index is 0.0646. The van der Waals surface area contributed by atoms with E-state index in [0.29, 0.717) is 18.1 Å². The zero-order valence-electron chi connectivity index (χ0n) is 14.4. The van der Waals surface area contributed by atoms with Crippen molar-refractivity contribution < 1.29 is 9.90 Å². The van der Waals surface area contributed by atoms with Crippen LogP contribution in [-0.4, -0.2) is 34.6 Å². The van der Waals surface area contributed by atoms with Crippen molar-refractivity contribution in [3.63, 3.8) is 0 Å². The van der Waals surface area contributed by atoms with Gasteiger partial charge >= 0.3 is 0 Å². The Morgan fingerprint density at radius 3 is 2.89 bits per heavy atom. The smallest absolute Gasteiger partial charge is 0.276 e. The van der Waals surface area contributed by atoms with Crippen molar-refractivity contribution in [2.75, 3.05) is 6.61 Å². The zero-order chi connectivity index (χ0) is 18.6. The van der Waals surface area contributed by atoms with Gasteiger partial charge in [-0.3, -0.25) is 10.1 Å². The number of thiazole rings is 1. The Bertz CT molecular complexity index is 1030. The van der Waals surface area contributed by atoms with Crippen LogP contribution in [0.4, 0.5) is 0 Å². The van der Waals surface area contributed by atoms with E-state index in [1.54, 1.807) is 22.9 Å². The van der Waals surface area contributed by atoms with Crippen LogP contribution in [0.1, 0.15) is 11.1 Å². The van der Waals surface area contributed by atoms with E-state index in [2.05, 4.69) is 20.6 Å². The molecule has 3 aromatic rings. The molecule has 0 bridgehead atoms. The second-order valence-corrected chi connectivity index (χ2v) is 7.12. The fourth-order valence-corrected chi connectivity index (χ4v) is 3.63. The first-order chi connectivity index (χ1) is 13.2.